The minimum atomic E-state index is -0.723. The van der Waals surface area contributed by atoms with Crippen molar-refractivity contribution in [3.63, 3.8) is 0 Å². The van der Waals surface area contributed by atoms with Gasteiger partial charge in [-0.05, 0) is 53.3 Å². The first kappa shape index (κ1) is 16.7. The van der Waals surface area contributed by atoms with E-state index in [0.717, 1.165) is 21.3 Å². The SMILES string of the molecule is Cc1cccc(C(=O)Nc2cc(F)c(N(C)C)c(F)c2)c1I. The van der Waals surface area contributed by atoms with E-state index in [0.29, 0.717) is 5.56 Å². The van der Waals surface area contributed by atoms with Gasteiger partial charge in [-0.25, -0.2) is 8.78 Å². The van der Waals surface area contributed by atoms with Crippen LogP contribution < -0.4 is 10.2 Å². The Kier molecular flexibility index (Phi) is 5.00. The number of rotatable bonds is 3. The lowest BCUT2D eigenvalue weighted by molar-refractivity contribution is 0.102. The van der Waals surface area contributed by atoms with E-state index in [4.69, 9.17) is 0 Å². The van der Waals surface area contributed by atoms with E-state index in [1.165, 1.54) is 4.90 Å². The Bertz CT molecular complexity index is 709. The Morgan fingerprint density at radius 1 is 1.18 bits per heavy atom. The van der Waals surface area contributed by atoms with Crippen molar-refractivity contribution in [2.75, 3.05) is 24.3 Å². The number of nitrogens with one attached hydrogen (secondary N) is 1. The largest absolute Gasteiger partial charge is 0.373 e. The quantitative estimate of drug-likeness (QED) is 0.762. The van der Waals surface area contributed by atoms with Gasteiger partial charge in [-0.2, -0.15) is 0 Å². The van der Waals surface area contributed by atoms with Crippen LogP contribution in [-0.2, 0) is 0 Å². The number of benzene rings is 2. The van der Waals surface area contributed by atoms with Gasteiger partial charge in [-0.3, -0.25) is 4.79 Å². The molecule has 0 aliphatic rings. The van der Waals surface area contributed by atoms with Crippen molar-refractivity contribution in [2.45, 2.75) is 6.92 Å². The third-order valence-electron chi connectivity index (χ3n) is 3.16. The summed E-state index contributed by atoms with van der Waals surface area (Å²) >= 11 is 2.07. The highest BCUT2D eigenvalue weighted by Crippen LogP contribution is 2.26. The second-order valence-corrected chi connectivity index (χ2v) is 6.15. The Morgan fingerprint density at radius 3 is 2.32 bits per heavy atom. The third-order valence-corrected chi connectivity index (χ3v) is 4.59. The van der Waals surface area contributed by atoms with Crippen LogP contribution in [0.15, 0.2) is 30.3 Å². The number of anilines is 2. The van der Waals surface area contributed by atoms with Gasteiger partial charge < -0.3 is 10.2 Å². The summed E-state index contributed by atoms with van der Waals surface area (Å²) in [6, 6.07) is 7.55. The summed E-state index contributed by atoms with van der Waals surface area (Å²) < 4.78 is 28.7. The first-order chi connectivity index (χ1) is 10.3. The topological polar surface area (TPSA) is 32.3 Å². The van der Waals surface area contributed by atoms with E-state index < -0.39 is 17.5 Å². The summed E-state index contributed by atoms with van der Waals surface area (Å²) in [4.78, 5) is 13.6. The molecule has 0 aliphatic heterocycles. The number of nitrogens with zero attached hydrogens (tertiary/aromatic N) is 1. The van der Waals surface area contributed by atoms with Crippen molar-refractivity contribution in [3.8, 4) is 0 Å². The molecule has 0 spiro atoms. The van der Waals surface area contributed by atoms with Gasteiger partial charge in [-0.1, -0.05) is 12.1 Å². The molecular weight excluding hydrogens is 401 g/mol. The summed E-state index contributed by atoms with van der Waals surface area (Å²) in [5.41, 5.74) is 1.39. The molecular formula is C16H15F2IN2O. The van der Waals surface area contributed by atoms with E-state index >= 15 is 0 Å². The number of hydrogen-bond acceptors (Lipinski definition) is 2. The van der Waals surface area contributed by atoms with Crippen LogP contribution in [0.25, 0.3) is 0 Å². The molecule has 3 nitrogen and oxygen atoms in total. The van der Waals surface area contributed by atoms with Crippen molar-refractivity contribution >= 4 is 39.9 Å². The highest BCUT2D eigenvalue weighted by atomic mass is 127. The molecule has 2 rings (SSSR count). The second kappa shape index (κ2) is 6.60. The molecule has 22 heavy (non-hydrogen) atoms. The molecule has 0 saturated carbocycles. The van der Waals surface area contributed by atoms with Crippen molar-refractivity contribution < 1.29 is 13.6 Å². The van der Waals surface area contributed by atoms with Gasteiger partial charge in [0.15, 0.2) is 11.6 Å². The van der Waals surface area contributed by atoms with Gasteiger partial charge in [0.25, 0.3) is 5.91 Å². The van der Waals surface area contributed by atoms with Crippen molar-refractivity contribution in [3.05, 3.63) is 56.7 Å². The monoisotopic (exact) mass is 416 g/mol. The summed E-state index contributed by atoms with van der Waals surface area (Å²) in [5, 5.41) is 2.53. The lowest BCUT2D eigenvalue weighted by Crippen LogP contribution is -2.16. The van der Waals surface area contributed by atoms with Gasteiger partial charge in [0.05, 0.1) is 5.56 Å². The first-order valence-corrected chi connectivity index (χ1v) is 7.62. The molecule has 0 bridgehead atoms. The standard InChI is InChI=1S/C16H15F2IN2O/c1-9-5-4-6-11(14(9)19)16(22)20-10-7-12(17)15(21(2)3)13(18)8-10/h4-8H,1-3H3,(H,20,22). The predicted octanol–water partition coefficient (Wildman–Crippen LogP) is 4.20. The Morgan fingerprint density at radius 2 is 1.77 bits per heavy atom. The average molecular weight is 416 g/mol. The fourth-order valence-corrected chi connectivity index (χ4v) is 2.69. The highest BCUT2D eigenvalue weighted by Gasteiger charge is 2.16. The molecule has 0 saturated heterocycles. The van der Waals surface area contributed by atoms with Gasteiger partial charge >= 0.3 is 0 Å². The molecule has 0 aromatic heterocycles. The molecule has 1 N–H and O–H groups in total. The van der Waals surface area contributed by atoms with Crippen LogP contribution in [0, 0.1) is 22.1 Å². The van der Waals surface area contributed by atoms with Crippen LogP contribution in [-0.4, -0.2) is 20.0 Å². The van der Waals surface area contributed by atoms with Crippen LogP contribution in [0.2, 0.25) is 0 Å². The maximum Gasteiger partial charge on any atom is 0.256 e. The zero-order chi connectivity index (χ0) is 16.4. The van der Waals surface area contributed by atoms with Gasteiger partial charge in [0.2, 0.25) is 0 Å². The van der Waals surface area contributed by atoms with Gasteiger partial charge in [0, 0.05) is 23.4 Å². The average Bonchev–Trinajstić information content (AvgIpc) is 2.40. The zero-order valence-electron chi connectivity index (χ0n) is 12.4. The molecule has 116 valence electrons. The van der Waals surface area contributed by atoms with Crippen LogP contribution in [0.3, 0.4) is 0 Å². The number of carbonyl (C=O) groups excluding carboxylic acids is 1. The molecule has 0 atom stereocenters. The lowest BCUT2D eigenvalue weighted by atomic mass is 10.1. The molecule has 0 radical (unpaired) electrons. The first-order valence-electron chi connectivity index (χ1n) is 6.54. The summed E-state index contributed by atoms with van der Waals surface area (Å²) in [6.45, 7) is 1.89. The Labute approximate surface area is 141 Å². The smallest absolute Gasteiger partial charge is 0.256 e. The van der Waals surface area contributed by atoms with Crippen molar-refractivity contribution in [1.82, 2.24) is 0 Å². The van der Waals surface area contributed by atoms with E-state index in [-0.39, 0.29) is 11.4 Å². The Hall–Kier alpha value is -1.70. The zero-order valence-corrected chi connectivity index (χ0v) is 14.5. The molecule has 2 aromatic carbocycles. The molecule has 0 fully saturated rings. The molecule has 0 heterocycles. The fraction of sp³-hybridized carbons (Fsp3) is 0.188. The number of carbonyl (C=O) groups is 1. The number of halogens is 3. The highest BCUT2D eigenvalue weighted by molar-refractivity contribution is 14.1. The van der Waals surface area contributed by atoms with Crippen LogP contribution in [0.1, 0.15) is 15.9 Å². The van der Waals surface area contributed by atoms with Gasteiger partial charge in [-0.15, -0.1) is 0 Å². The summed E-state index contributed by atoms with van der Waals surface area (Å²) in [6.07, 6.45) is 0. The Balaban J connectivity index is 2.31. The maximum absolute atomic E-state index is 13.9. The molecule has 6 heteroatoms. The van der Waals surface area contributed by atoms with E-state index in [9.17, 15) is 13.6 Å². The minimum absolute atomic E-state index is 0.0860. The van der Waals surface area contributed by atoms with Gasteiger partial charge in [0.1, 0.15) is 5.69 Å². The third kappa shape index (κ3) is 3.37. The predicted molar refractivity (Wildman–Crippen MR) is 92.5 cm³/mol. The van der Waals surface area contributed by atoms with E-state index in [1.54, 1.807) is 26.2 Å². The minimum Gasteiger partial charge on any atom is -0.373 e. The maximum atomic E-state index is 13.9. The van der Waals surface area contributed by atoms with Crippen LogP contribution >= 0.6 is 22.6 Å². The second-order valence-electron chi connectivity index (χ2n) is 5.07. The number of hydrogen-bond donors (Lipinski definition) is 1. The number of aryl methyl sites for hydroxylation is 1. The van der Waals surface area contributed by atoms with Crippen LogP contribution in [0.4, 0.5) is 20.2 Å². The van der Waals surface area contributed by atoms with Crippen molar-refractivity contribution in [2.24, 2.45) is 0 Å². The van der Waals surface area contributed by atoms with E-state index in [1.807, 2.05) is 13.0 Å². The summed E-state index contributed by atoms with van der Waals surface area (Å²) in [5.74, 6) is -1.84. The normalized spacial score (nSPS) is 10.5. The van der Waals surface area contributed by atoms with E-state index in [2.05, 4.69) is 27.9 Å². The number of amides is 1. The molecule has 1 amide bonds. The molecule has 0 aliphatic carbocycles. The molecule has 2 aromatic rings. The lowest BCUT2D eigenvalue weighted by Gasteiger charge is -2.16. The van der Waals surface area contributed by atoms with Crippen LogP contribution in [0.5, 0.6) is 0 Å². The van der Waals surface area contributed by atoms with Crippen molar-refractivity contribution in [1.29, 1.82) is 0 Å². The fourth-order valence-electron chi connectivity index (χ4n) is 2.09. The molecule has 0 unspecified atom stereocenters. The summed E-state index contributed by atoms with van der Waals surface area (Å²) in [7, 11) is 3.10.